The van der Waals surface area contributed by atoms with Gasteiger partial charge in [0.05, 0.1) is 5.92 Å². The Morgan fingerprint density at radius 2 is 1.65 bits per heavy atom. The van der Waals surface area contributed by atoms with E-state index in [2.05, 4.69) is 6.92 Å². The van der Waals surface area contributed by atoms with Crippen molar-refractivity contribution in [2.45, 2.75) is 98.5 Å². The van der Waals surface area contributed by atoms with Crippen LogP contribution in [-0.4, -0.2) is 11.6 Å². The van der Waals surface area contributed by atoms with Crippen molar-refractivity contribution in [2.75, 3.05) is 0 Å². The molecule has 2 aliphatic carbocycles. The number of hydrogen-bond acceptors (Lipinski definition) is 2. The molecule has 1 atom stereocenters. The summed E-state index contributed by atoms with van der Waals surface area (Å²) in [5.74, 6) is 0.748. The smallest absolute Gasteiger partial charge is 0.309 e. The van der Waals surface area contributed by atoms with Crippen molar-refractivity contribution in [3.8, 4) is 0 Å². The Bertz CT molecular complexity index is 273. The first-order valence-electron chi connectivity index (χ1n) is 7.91. The van der Waals surface area contributed by atoms with Gasteiger partial charge in [0, 0.05) is 0 Å². The second-order valence-electron chi connectivity index (χ2n) is 6.34. The minimum absolute atomic E-state index is 0. The topological polar surface area (TPSA) is 26.3 Å². The van der Waals surface area contributed by atoms with Crippen LogP contribution in [0.5, 0.6) is 0 Å². The van der Waals surface area contributed by atoms with E-state index in [1.54, 1.807) is 0 Å². The van der Waals surface area contributed by atoms with Crippen molar-refractivity contribution in [3.63, 3.8) is 0 Å². The summed E-state index contributed by atoms with van der Waals surface area (Å²) in [6, 6.07) is 0. The van der Waals surface area contributed by atoms with Crippen LogP contribution in [0.2, 0.25) is 0 Å². The van der Waals surface area contributed by atoms with Gasteiger partial charge in [0.2, 0.25) is 0 Å². The quantitative estimate of drug-likeness (QED) is 0.615. The Morgan fingerprint density at radius 1 is 1.10 bits per heavy atom. The summed E-state index contributed by atoms with van der Waals surface area (Å²) in [7, 11) is 0. The van der Waals surface area contributed by atoms with Crippen molar-refractivity contribution in [3.05, 3.63) is 0 Å². The minimum atomic E-state index is -0.0824. The van der Waals surface area contributed by atoms with Crippen LogP contribution in [-0.2, 0) is 9.53 Å². The first-order valence-corrected chi connectivity index (χ1v) is 7.91. The van der Waals surface area contributed by atoms with E-state index in [9.17, 15) is 4.79 Å². The molecule has 2 rings (SSSR count). The van der Waals surface area contributed by atoms with Gasteiger partial charge in [0.25, 0.3) is 0 Å². The summed E-state index contributed by atoms with van der Waals surface area (Å²) < 4.78 is 6.05. The number of carbonyl (C=O) groups is 1. The van der Waals surface area contributed by atoms with Crippen molar-refractivity contribution in [1.29, 1.82) is 0 Å². The summed E-state index contributed by atoms with van der Waals surface area (Å²) >= 11 is 0. The average Bonchev–Trinajstić information content (AvgIpc) is 2.88. The molecule has 2 saturated carbocycles. The zero-order valence-electron chi connectivity index (χ0n) is 12.0. The van der Waals surface area contributed by atoms with Crippen LogP contribution in [0.3, 0.4) is 0 Å². The molecule has 0 spiro atoms. The normalized spacial score (nSPS) is 23.3. The minimum Gasteiger partial charge on any atom is -0.459 e. The Labute approximate surface area is 126 Å². The molecule has 1 unspecified atom stereocenters. The molecule has 0 aromatic carbocycles. The molecule has 20 heavy (non-hydrogen) atoms. The molecule has 2 nitrogen and oxygen atoms in total. The zero-order valence-corrected chi connectivity index (χ0v) is 12.0. The van der Waals surface area contributed by atoms with Crippen molar-refractivity contribution >= 4 is 5.97 Å². The summed E-state index contributed by atoms with van der Waals surface area (Å²) in [4.78, 5) is 12.2. The molecule has 0 aromatic heterocycles. The third kappa shape index (κ3) is 4.23. The highest BCUT2D eigenvalue weighted by atomic mass is 16.6. The standard InChI is InChI=1S/C16H28O2.2CH4/c1-3-13(2)15(17)18-16(11-7-8-12-16)14-9-5-4-6-10-14;;/h13-14H,3-12H2,1-2H3;2*1H4. The highest BCUT2D eigenvalue weighted by Crippen LogP contribution is 2.45. The largest absolute Gasteiger partial charge is 0.459 e. The lowest BCUT2D eigenvalue weighted by atomic mass is 9.75. The van der Waals surface area contributed by atoms with Gasteiger partial charge in [-0.15, -0.1) is 0 Å². The average molecular weight is 284 g/mol. The molecule has 2 fully saturated rings. The Morgan fingerprint density at radius 3 is 2.15 bits per heavy atom. The van der Waals surface area contributed by atoms with Crippen LogP contribution >= 0.6 is 0 Å². The molecule has 0 N–H and O–H groups in total. The van der Waals surface area contributed by atoms with Gasteiger partial charge in [-0.1, -0.05) is 48.0 Å². The fourth-order valence-electron chi connectivity index (χ4n) is 3.66. The molecule has 0 bridgehead atoms. The van der Waals surface area contributed by atoms with Crippen LogP contribution in [0.15, 0.2) is 0 Å². The van der Waals surface area contributed by atoms with Gasteiger partial charge < -0.3 is 4.74 Å². The van der Waals surface area contributed by atoms with Gasteiger partial charge in [-0.05, 0) is 50.9 Å². The molecular formula is C18H36O2. The molecule has 0 aromatic rings. The third-order valence-electron chi connectivity index (χ3n) is 5.12. The molecule has 2 aliphatic rings. The van der Waals surface area contributed by atoms with Crippen molar-refractivity contribution < 1.29 is 9.53 Å². The lowest BCUT2D eigenvalue weighted by molar-refractivity contribution is -0.172. The highest BCUT2D eigenvalue weighted by Gasteiger charge is 2.45. The summed E-state index contributed by atoms with van der Waals surface area (Å²) in [5.41, 5.74) is -0.0824. The predicted octanol–water partition coefficient (Wildman–Crippen LogP) is 5.74. The molecule has 0 heterocycles. The molecule has 120 valence electrons. The highest BCUT2D eigenvalue weighted by molar-refractivity contribution is 5.72. The fraction of sp³-hybridized carbons (Fsp3) is 0.944. The van der Waals surface area contributed by atoms with Crippen molar-refractivity contribution in [2.24, 2.45) is 11.8 Å². The molecule has 2 heteroatoms. The third-order valence-corrected chi connectivity index (χ3v) is 5.12. The van der Waals surface area contributed by atoms with E-state index >= 15 is 0 Å². The van der Waals surface area contributed by atoms with Gasteiger partial charge in [-0.2, -0.15) is 0 Å². The lowest BCUT2D eigenvalue weighted by Gasteiger charge is -2.40. The van der Waals surface area contributed by atoms with E-state index in [-0.39, 0.29) is 32.3 Å². The number of esters is 1. The maximum absolute atomic E-state index is 12.2. The van der Waals surface area contributed by atoms with E-state index in [1.807, 2.05) is 6.92 Å². The summed E-state index contributed by atoms with van der Waals surface area (Å²) in [6.45, 7) is 4.06. The molecule has 0 amide bonds. The summed E-state index contributed by atoms with van der Waals surface area (Å²) in [5, 5.41) is 0. The van der Waals surface area contributed by atoms with Crippen LogP contribution in [0, 0.1) is 11.8 Å². The van der Waals surface area contributed by atoms with Crippen LogP contribution < -0.4 is 0 Å². The second kappa shape index (κ2) is 8.69. The number of carbonyl (C=O) groups excluding carboxylic acids is 1. The number of rotatable bonds is 4. The Balaban J connectivity index is 0.00000180. The molecule has 0 aliphatic heterocycles. The molecular weight excluding hydrogens is 248 g/mol. The predicted molar refractivity (Wildman–Crippen MR) is 86.8 cm³/mol. The maximum atomic E-state index is 12.2. The van der Waals surface area contributed by atoms with E-state index in [0.29, 0.717) is 5.92 Å². The fourth-order valence-corrected chi connectivity index (χ4v) is 3.66. The monoisotopic (exact) mass is 284 g/mol. The van der Waals surface area contributed by atoms with E-state index in [0.717, 1.165) is 19.3 Å². The van der Waals surface area contributed by atoms with E-state index < -0.39 is 0 Å². The number of hydrogen-bond donors (Lipinski definition) is 0. The van der Waals surface area contributed by atoms with Crippen molar-refractivity contribution in [1.82, 2.24) is 0 Å². The lowest BCUT2D eigenvalue weighted by Crippen LogP contribution is -2.42. The van der Waals surface area contributed by atoms with E-state index in [4.69, 9.17) is 4.74 Å². The van der Waals surface area contributed by atoms with E-state index in [1.165, 1.54) is 44.9 Å². The van der Waals surface area contributed by atoms with Gasteiger partial charge in [-0.25, -0.2) is 0 Å². The first kappa shape index (κ1) is 19.5. The Kier molecular flexibility index (Phi) is 8.46. The first-order chi connectivity index (χ1) is 8.68. The zero-order chi connectivity index (χ0) is 13.0. The van der Waals surface area contributed by atoms with Crippen LogP contribution in [0.4, 0.5) is 0 Å². The Hall–Kier alpha value is -0.530. The van der Waals surface area contributed by atoms with Gasteiger partial charge in [-0.3, -0.25) is 4.79 Å². The van der Waals surface area contributed by atoms with Gasteiger partial charge in [0.1, 0.15) is 5.60 Å². The van der Waals surface area contributed by atoms with Gasteiger partial charge in [0.15, 0.2) is 0 Å². The maximum Gasteiger partial charge on any atom is 0.309 e. The summed E-state index contributed by atoms with van der Waals surface area (Å²) in [6.07, 6.45) is 12.2. The number of ether oxygens (including phenoxy) is 1. The van der Waals surface area contributed by atoms with Gasteiger partial charge >= 0.3 is 5.97 Å². The molecule has 0 saturated heterocycles. The molecule has 0 radical (unpaired) electrons. The van der Waals surface area contributed by atoms with Crippen LogP contribution in [0.25, 0.3) is 0 Å². The second-order valence-corrected chi connectivity index (χ2v) is 6.34. The van der Waals surface area contributed by atoms with Crippen LogP contribution in [0.1, 0.15) is 92.9 Å². The SMILES string of the molecule is C.C.CCC(C)C(=O)OC1(C2CCCCC2)CCCC1.